The molecule has 0 radical (unpaired) electrons. The highest BCUT2D eigenvalue weighted by atomic mass is 19.1. The minimum atomic E-state index is -0.498. The van der Waals surface area contributed by atoms with E-state index < -0.39 is 5.82 Å². The summed E-state index contributed by atoms with van der Waals surface area (Å²) in [5.41, 5.74) is 0.285. The standard InChI is InChI=1S/C19H24FN7O/c1-24-2-4-25(5-3-24)17-11-18(23-14-22-17)26-6-8-27(9-7-26)19(28)15-10-16(20)13-21-12-15/h10-14H,2-9H2,1H3. The number of carbonyl (C=O) groups excluding carboxylic acids is 1. The molecule has 0 unspecified atom stereocenters. The number of pyridine rings is 1. The van der Waals surface area contributed by atoms with Gasteiger partial charge >= 0.3 is 0 Å². The lowest BCUT2D eigenvalue weighted by Crippen LogP contribution is -2.49. The highest BCUT2D eigenvalue weighted by Crippen LogP contribution is 2.20. The van der Waals surface area contributed by atoms with Crippen LogP contribution in [0, 0.1) is 5.82 Å². The zero-order valence-corrected chi connectivity index (χ0v) is 16.0. The van der Waals surface area contributed by atoms with Gasteiger partial charge in [-0.3, -0.25) is 9.78 Å². The number of carbonyl (C=O) groups is 1. The lowest BCUT2D eigenvalue weighted by Gasteiger charge is -2.36. The minimum absolute atomic E-state index is 0.188. The molecule has 2 aromatic rings. The van der Waals surface area contributed by atoms with Gasteiger partial charge in [0, 0.05) is 64.6 Å². The predicted octanol–water partition coefficient (Wildman–Crippen LogP) is 0.725. The molecular weight excluding hydrogens is 361 g/mol. The molecule has 2 saturated heterocycles. The zero-order chi connectivity index (χ0) is 19.5. The van der Waals surface area contributed by atoms with Crippen LogP contribution in [0.2, 0.25) is 0 Å². The fourth-order valence-corrected chi connectivity index (χ4v) is 3.57. The van der Waals surface area contributed by atoms with Crippen molar-refractivity contribution < 1.29 is 9.18 Å². The Balaban J connectivity index is 1.38. The highest BCUT2D eigenvalue weighted by Gasteiger charge is 2.24. The van der Waals surface area contributed by atoms with Crippen LogP contribution in [0.25, 0.3) is 0 Å². The van der Waals surface area contributed by atoms with Gasteiger partial charge in [0.25, 0.3) is 5.91 Å². The third-order valence-corrected chi connectivity index (χ3v) is 5.31. The van der Waals surface area contributed by atoms with E-state index in [1.54, 1.807) is 11.2 Å². The van der Waals surface area contributed by atoms with E-state index in [0.717, 1.165) is 44.0 Å². The number of rotatable bonds is 3. The Morgan fingerprint density at radius 2 is 1.50 bits per heavy atom. The number of nitrogens with zero attached hydrogens (tertiary/aromatic N) is 7. The normalized spacial score (nSPS) is 18.4. The van der Waals surface area contributed by atoms with Gasteiger partial charge in [-0.15, -0.1) is 0 Å². The maximum atomic E-state index is 13.3. The van der Waals surface area contributed by atoms with Gasteiger partial charge < -0.3 is 19.6 Å². The van der Waals surface area contributed by atoms with Gasteiger partial charge in [-0.05, 0) is 13.1 Å². The van der Waals surface area contributed by atoms with Crippen molar-refractivity contribution in [3.05, 3.63) is 42.2 Å². The Bertz CT molecular complexity index is 833. The average Bonchev–Trinajstić information content (AvgIpc) is 2.74. The number of hydrogen-bond acceptors (Lipinski definition) is 7. The Morgan fingerprint density at radius 1 is 0.893 bits per heavy atom. The van der Waals surface area contributed by atoms with Gasteiger partial charge in [0.2, 0.25) is 0 Å². The van der Waals surface area contributed by atoms with Crippen molar-refractivity contribution in [2.45, 2.75) is 0 Å². The molecule has 148 valence electrons. The fraction of sp³-hybridized carbons (Fsp3) is 0.474. The third kappa shape index (κ3) is 4.04. The molecule has 4 rings (SSSR count). The van der Waals surface area contributed by atoms with Crippen molar-refractivity contribution in [3.63, 3.8) is 0 Å². The van der Waals surface area contributed by atoms with Crippen molar-refractivity contribution in [2.75, 3.05) is 69.2 Å². The summed E-state index contributed by atoms with van der Waals surface area (Å²) in [7, 11) is 2.13. The van der Waals surface area contributed by atoms with Crippen LogP contribution in [0.4, 0.5) is 16.0 Å². The minimum Gasteiger partial charge on any atom is -0.354 e. The van der Waals surface area contributed by atoms with Crippen molar-refractivity contribution >= 4 is 17.5 Å². The first-order valence-corrected chi connectivity index (χ1v) is 9.50. The smallest absolute Gasteiger partial charge is 0.255 e. The van der Waals surface area contributed by atoms with Gasteiger partial charge in [-0.1, -0.05) is 0 Å². The largest absolute Gasteiger partial charge is 0.354 e. The summed E-state index contributed by atoms with van der Waals surface area (Å²) in [5, 5.41) is 0. The molecule has 4 heterocycles. The second-order valence-electron chi connectivity index (χ2n) is 7.20. The summed E-state index contributed by atoms with van der Waals surface area (Å²) in [6, 6.07) is 3.26. The lowest BCUT2D eigenvalue weighted by molar-refractivity contribution is 0.0745. The topological polar surface area (TPSA) is 68.7 Å². The van der Waals surface area contributed by atoms with Crippen LogP contribution < -0.4 is 9.80 Å². The monoisotopic (exact) mass is 385 g/mol. The second kappa shape index (κ2) is 8.05. The molecule has 0 N–H and O–H groups in total. The SMILES string of the molecule is CN1CCN(c2cc(N3CCN(C(=O)c4cncc(F)c4)CC3)ncn2)CC1. The van der Waals surface area contributed by atoms with E-state index in [-0.39, 0.29) is 11.5 Å². The molecule has 0 aliphatic carbocycles. The van der Waals surface area contributed by atoms with Gasteiger partial charge in [0.05, 0.1) is 11.8 Å². The predicted molar refractivity (Wildman–Crippen MR) is 104 cm³/mol. The van der Waals surface area contributed by atoms with Crippen LogP contribution in [-0.4, -0.2) is 90.1 Å². The van der Waals surface area contributed by atoms with E-state index >= 15 is 0 Å². The molecule has 8 nitrogen and oxygen atoms in total. The molecule has 0 spiro atoms. The quantitative estimate of drug-likeness (QED) is 0.771. The molecule has 2 aliphatic heterocycles. The molecule has 1 amide bonds. The molecule has 28 heavy (non-hydrogen) atoms. The summed E-state index contributed by atoms with van der Waals surface area (Å²) >= 11 is 0. The van der Waals surface area contributed by atoms with Crippen molar-refractivity contribution in [3.8, 4) is 0 Å². The number of anilines is 2. The first-order valence-electron chi connectivity index (χ1n) is 9.50. The summed E-state index contributed by atoms with van der Waals surface area (Å²) < 4.78 is 13.3. The van der Waals surface area contributed by atoms with Crippen molar-refractivity contribution in [2.24, 2.45) is 0 Å². The summed E-state index contributed by atoms with van der Waals surface area (Å²) in [4.78, 5) is 33.7. The van der Waals surface area contributed by atoms with Gasteiger partial charge in [-0.2, -0.15) is 0 Å². The maximum absolute atomic E-state index is 13.3. The summed E-state index contributed by atoms with van der Waals surface area (Å²) in [5.74, 6) is 1.14. The Hall–Kier alpha value is -2.81. The van der Waals surface area contributed by atoms with Crippen molar-refractivity contribution in [1.82, 2.24) is 24.8 Å². The zero-order valence-electron chi connectivity index (χ0n) is 16.0. The Kier molecular flexibility index (Phi) is 5.34. The number of hydrogen-bond donors (Lipinski definition) is 0. The molecule has 2 aliphatic rings. The molecule has 2 fully saturated rings. The Labute approximate surface area is 163 Å². The van der Waals surface area contributed by atoms with E-state index in [1.165, 1.54) is 12.3 Å². The summed E-state index contributed by atoms with van der Waals surface area (Å²) in [6.07, 6.45) is 4.12. The highest BCUT2D eigenvalue weighted by molar-refractivity contribution is 5.94. The maximum Gasteiger partial charge on any atom is 0.255 e. The first-order chi connectivity index (χ1) is 13.6. The van der Waals surface area contributed by atoms with Crippen LogP contribution in [-0.2, 0) is 0 Å². The van der Waals surface area contributed by atoms with Crippen molar-refractivity contribution in [1.29, 1.82) is 0 Å². The fourth-order valence-electron chi connectivity index (χ4n) is 3.57. The molecule has 2 aromatic heterocycles. The molecule has 0 saturated carbocycles. The van der Waals surface area contributed by atoms with E-state index in [4.69, 9.17) is 0 Å². The van der Waals surface area contributed by atoms with Gasteiger partial charge in [-0.25, -0.2) is 14.4 Å². The van der Waals surface area contributed by atoms with Crippen LogP contribution in [0.1, 0.15) is 10.4 Å². The summed E-state index contributed by atoms with van der Waals surface area (Å²) in [6.45, 7) is 6.42. The van der Waals surface area contributed by atoms with Crippen LogP contribution in [0.3, 0.4) is 0 Å². The molecule has 9 heteroatoms. The van der Waals surface area contributed by atoms with Crippen LogP contribution in [0.15, 0.2) is 30.9 Å². The lowest BCUT2D eigenvalue weighted by atomic mass is 10.2. The van der Waals surface area contributed by atoms with E-state index in [2.05, 4.69) is 36.7 Å². The number of aromatic nitrogens is 3. The average molecular weight is 385 g/mol. The molecule has 0 atom stereocenters. The number of piperazine rings is 2. The number of halogens is 1. The van der Waals surface area contributed by atoms with Crippen LogP contribution >= 0.6 is 0 Å². The molecule has 0 aromatic carbocycles. The van der Waals surface area contributed by atoms with Gasteiger partial charge in [0.15, 0.2) is 0 Å². The first kappa shape index (κ1) is 18.5. The van der Waals surface area contributed by atoms with E-state index in [9.17, 15) is 9.18 Å². The number of likely N-dealkylation sites (N-methyl/N-ethyl adjacent to an activating group) is 1. The third-order valence-electron chi connectivity index (χ3n) is 5.31. The molecule has 0 bridgehead atoms. The van der Waals surface area contributed by atoms with E-state index in [1.807, 2.05) is 6.07 Å². The number of amides is 1. The van der Waals surface area contributed by atoms with E-state index in [0.29, 0.717) is 26.2 Å². The Morgan fingerprint density at radius 3 is 2.11 bits per heavy atom. The molecular formula is C19H24FN7O. The van der Waals surface area contributed by atoms with Crippen LogP contribution in [0.5, 0.6) is 0 Å². The second-order valence-corrected chi connectivity index (χ2v) is 7.20. The van der Waals surface area contributed by atoms with Gasteiger partial charge in [0.1, 0.15) is 23.8 Å².